The second kappa shape index (κ2) is 14.3. The number of aromatic nitrogens is 1. The summed E-state index contributed by atoms with van der Waals surface area (Å²) < 4.78 is 2.17. The van der Waals surface area contributed by atoms with E-state index < -0.39 is 0 Å². The molecule has 0 bridgehead atoms. The van der Waals surface area contributed by atoms with Gasteiger partial charge >= 0.3 is 6.03 Å². The van der Waals surface area contributed by atoms with Crippen LogP contribution in [-0.2, 0) is 17.9 Å². The Bertz CT molecular complexity index is 970. The van der Waals surface area contributed by atoms with Crippen LogP contribution in [-0.4, -0.2) is 51.5 Å². The van der Waals surface area contributed by atoms with Crippen molar-refractivity contribution in [3.05, 3.63) is 58.9 Å². The van der Waals surface area contributed by atoms with Crippen LogP contribution in [0.1, 0.15) is 83.4 Å². The molecule has 1 N–H and O–H groups in total. The van der Waals surface area contributed by atoms with Gasteiger partial charge in [-0.05, 0) is 56.4 Å². The quantitative estimate of drug-likeness (QED) is 0.330. The van der Waals surface area contributed by atoms with Crippen LogP contribution in [0.5, 0.6) is 0 Å². The fraction of sp³-hybridized carbons (Fsp3) is 0.586. The Hall–Kier alpha value is -2.47. The number of rotatable bonds is 12. The van der Waals surface area contributed by atoms with Gasteiger partial charge in [0.2, 0.25) is 5.91 Å². The third-order valence-electron chi connectivity index (χ3n) is 7.39. The molecule has 1 aromatic carbocycles. The van der Waals surface area contributed by atoms with Crippen molar-refractivity contribution in [1.29, 1.82) is 0 Å². The van der Waals surface area contributed by atoms with E-state index >= 15 is 0 Å². The predicted octanol–water partition coefficient (Wildman–Crippen LogP) is 6.46. The van der Waals surface area contributed by atoms with Crippen LogP contribution in [0.15, 0.2) is 42.6 Å². The Morgan fingerprint density at radius 3 is 2.56 bits per heavy atom. The minimum absolute atomic E-state index is 0.00661. The van der Waals surface area contributed by atoms with Crippen LogP contribution in [0.4, 0.5) is 4.79 Å². The monoisotopic (exact) mass is 514 g/mol. The van der Waals surface area contributed by atoms with Crippen molar-refractivity contribution in [1.82, 2.24) is 19.7 Å². The number of nitrogens with zero attached hydrogens (tertiary/aromatic N) is 3. The first-order valence-electron chi connectivity index (χ1n) is 13.7. The van der Waals surface area contributed by atoms with Gasteiger partial charge in [0.15, 0.2) is 0 Å². The summed E-state index contributed by atoms with van der Waals surface area (Å²) >= 11 is 6.43. The maximum absolute atomic E-state index is 13.8. The summed E-state index contributed by atoms with van der Waals surface area (Å²) in [6.07, 6.45) is 10.3. The lowest BCUT2D eigenvalue weighted by molar-refractivity contribution is -0.136. The minimum atomic E-state index is -0.142. The average molecular weight is 515 g/mol. The third kappa shape index (κ3) is 7.76. The smallest absolute Gasteiger partial charge is 0.318 e. The van der Waals surface area contributed by atoms with Gasteiger partial charge in [-0.1, -0.05) is 69.3 Å². The molecule has 0 radical (unpaired) electrons. The highest BCUT2D eigenvalue weighted by atomic mass is 35.5. The molecule has 1 fully saturated rings. The number of hydrogen-bond acceptors (Lipinski definition) is 2. The Morgan fingerprint density at radius 1 is 1.11 bits per heavy atom. The molecule has 0 spiro atoms. The van der Waals surface area contributed by atoms with E-state index in [0.717, 1.165) is 61.2 Å². The molecular formula is C29H43ClN4O2. The van der Waals surface area contributed by atoms with Gasteiger partial charge in [-0.25, -0.2) is 4.79 Å². The molecule has 1 atom stereocenters. The van der Waals surface area contributed by atoms with Gasteiger partial charge in [0.25, 0.3) is 0 Å². The van der Waals surface area contributed by atoms with Gasteiger partial charge < -0.3 is 19.7 Å². The van der Waals surface area contributed by atoms with E-state index in [-0.39, 0.29) is 30.6 Å². The highest BCUT2D eigenvalue weighted by Gasteiger charge is 2.30. The van der Waals surface area contributed by atoms with E-state index in [1.807, 2.05) is 42.2 Å². The number of amides is 3. The lowest BCUT2D eigenvalue weighted by Crippen LogP contribution is -2.52. The molecule has 1 aliphatic carbocycles. The molecule has 0 saturated heterocycles. The van der Waals surface area contributed by atoms with Crippen LogP contribution in [0, 0.1) is 0 Å². The number of carbonyl (C=O) groups is 2. The molecule has 1 aromatic heterocycles. The third-order valence-corrected chi connectivity index (χ3v) is 7.75. The van der Waals surface area contributed by atoms with Gasteiger partial charge in [-0.15, -0.1) is 0 Å². The lowest BCUT2D eigenvalue weighted by Gasteiger charge is -2.37. The summed E-state index contributed by atoms with van der Waals surface area (Å²) in [7, 11) is 0. The van der Waals surface area contributed by atoms with Crippen LogP contribution < -0.4 is 5.32 Å². The number of benzene rings is 1. The summed E-state index contributed by atoms with van der Waals surface area (Å²) in [5.74, 6) is 0.0262. The molecule has 0 aliphatic heterocycles. The van der Waals surface area contributed by atoms with Crippen molar-refractivity contribution < 1.29 is 9.59 Å². The van der Waals surface area contributed by atoms with Crippen LogP contribution in [0.2, 0.25) is 5.02 Å². The number of halogens is 1. The molecular weight excluding hydrogens is 472 g/mol. The van der Waals surface area contributed by atoms with Crippen LogP contribution in [0.25, 0.3) is 0 Å². The van der Waals surface area contributed by atoms with Crippen LogP contribution >= 0.6 is 11.6 Å². The zero-order chi connectivity index (χ0) is 25.9. The van der Waals surface area contributed by atoms with Gasteiger partial charge in [0, 0.05) is 42.1 Å². The van der Waals surface area contributed by atoms with Gasteiger partial charge in [0.05, 0.1) is 6.54 Å². The maximum atomic E-state index is 13.8. The zero-order valence-corrected chi connectivity index (χ0v) is 23.0. The second-order valence-electron chi connectivity index (χ2n) is 10.0. The van der Waals surface area contributed by atoms with Gasteiger partial charge in [-0.3, -0.25) is 4.79 Å². The molecule has 2 aromatic rings. The average Bonchev–Trinajstić information content (AvgIpc) is 3.33. The van der Waals surface area contributed by atoms with Crippen molar-refractivity contribution in [2.45, 2.75) is 97.3 Å². The van der Waals surface area contributed by atoms with E-state index in [9.17, 15) is 9.59 Å². The molecule has 1 aliphatic rings. The predicted molar refractivity (Wildman–Crippen MR) is 147 cm³/mol. The van der Waals surface area contributed by atoms with Crippen molar-refractivity contribution in [3.8, 4) is 0 Å². The highest BCUT2D eigenvalue weighted by molar-refractivity contribution is 6.31. The molecule has 3 amide bonds. The van der Waals surface area contributed by atoms with E-state index in [4.69, 9.17) is 11.6 Å². The number of carbonyl (C=O) groups excluding carboxylic acids is 2. The van der Waals surface area contributed by atoms with E-state index in [2.05, 4.69) is 36.0 Å². The lowest BCUT2D eigenvalue weighted by atomic mass is 9.94. The SMILES string of the molecule is CCCCNC(=O)N(CC(=O)N(Cc1cccn1Cc1ccccc1Cl)C1CCCCC1)C(C)CC. The van der Waals surface area contributed by atoms with E-state index in [1.54, 1.807) is 4.90 Å². The molecule has 198 valence electrons. The molecule has 7 heteroatoms. The van der Waals surface area contributed by atoms with Crippen molar-refractivity contribution in [2.75, 3.05) is 13.1 Å². The normalized spacial score (nSPS) is 14.9. The summed E-state index contributed by atoms with van der Waals surface area (Å²) in [5, 5.41) is 3.76. The first-order chi connectivity index (χ1) is 17.4. The molecule has 36 heavy (non-hydrogen) atoms. The molecule has 6 nitrogen and oxygen atoms in total. The molecule has 1 saturated carbocycles. The zero-order valence-electron chi connectivity index (χ0n) is 22.2. The Balaban J connectivity index is 1.79. The second-order valence-corrected chi connectivity index (χ2v) is 10.4. The minimum Gasteiger partial charge on any atom is -0.345 e. The summed E-state index contributed by atoms with van der Waals surface area (Å²) in [6, 6.07) is 12.1. The maximum Gasteiger partial charge on any atom is 0.318 e. The first kappa shape index (κ1) is 28.1. The fourth-order valence-electron chi connectivity index (χ4n) is 4.90. The standard InChI is InChI=1S/C29H43ClN4O2/c1-4-6-18-31-29(36)33(23(3)5-2)22-28(35)34(25-14-8-7-9-15-25)21-26-16-12-19-32(26)20-24-13-10-11-17-27(24)30/h10-13,16-17,19,23,25H,4-9,14-15,18,20-22H2,1-3H3,(H,31,36). The fourth-order valence-corrected chi connectivity index (χ4v) is 5.10. The number of nitrogens with one attached hydrogen (secondary N) is 1. The van der Waals surface area contributed by atoms with Gasteiger partial charge in [0.1, 0.15) is 6.54 Å². The summed E-state index contributed by atoms with van der Waals surface area (Å²) in [5.41, 5.74) is 2.13. The summed E-state index contributed by atoms with van der Waals surface area (Å²) in [4.78, 5) is 30.6. The van der Waals surface area contributed by atoms with E-state index in [1.165, 1.54) is 6.42 Å². The molecule has 1 unspecified atom stereocenters. The van der Waals surface area contributed by atoms with Crippen molar-refractivity contribution in [2.24, 2.45) is 0 Å². The van der Waals surface area contributed by atoms with Crippen LogP contribution in [0.3, 0.4) is 0 Å². The number of urea groups is 1. The Labute approximate surface area is 222 Å². The van der Waals surface area contributed by atoms with Crippen molar-refractivity contribution >= 4 is 23.5 Å². The number of hydrogen-bond donors (Lipinski definition) is 1. The van der Waals surface area contributed by atoms with E-state index in [0.29, 0.717) is 19.6 Å². The topological polar surface area (TPSA) is 57.6 Å². The summed E-state index contributed by atoms with van der Waals surface area (Å²) in [6.45, 7) is 8.12. The highest BCUT2D eigenvalue weighted by Crippen LogP contribution is 2.26. The molecule has 3 rings (SSSR count). The molecule has 1 heterocycles. The number of unbranched alkanes of at least 4 members (excludes halogenated alkanes) is 1. The first-order valence-corrected chi connectivity index (χ1v) is 14.0. The van der Waals surface area contributed by atoms with Crippen molar-refractivity contribution in [3.63, 3.8) is 0 Å². The van der Waals surface area contributed by atoms with Gasteiger partial charge in [-0.2, -0.15) is 0 Å². The Morgan fingerprint density at radius 2 is 1.86 bits per heavy atom. The largest absolute Gasteiger partial charge is 0.345 e. The Kier molecular flexibility index (Phi) is 11.2.